The van der Waals surface area contributed by atoms with E-state index in [4.69, 9.17) is 19.2 Å². The van der Waals surface area contributed by atoms with E-state index >= 15 is 0 Å². The third kappa shape index (κ3) is 4.87. The highest BCUT2D eigenvalue weighted by Gasteiger charge is 2.19. The summed E-state index contributed by atoms with van der Waals surface area (Å²) in [6, 6.07) is 13.4. The van der Waals surface area contributed by atoms with Gasteiger partial charge in [-0.25, -0.2) is 4.98 Å². The Morgan fingerprint density at radius 3 is 2.44 bits per heavy atom. The summed E-state index contributed by atoms with van der Waals surface area (Å²) in [7, 11) is 4.66. The molecule has 2 heterocycles. The number of aromatic nitrogens is 2. The zero-order chi connectivity index (χ0) is 24.1. The molecule has 2 aromatic carbocycles. The van der Waals surface area contributed by atoms with Gasteiger partial charge in [0.2, 0.25) is 5.75 Å². The number of thiazole rings is 1. The number of pyridine rings is 1. The van der Waals surface area contributed by atoms with Gasteiger partial charge in [0, 0.05) is 18.5 Å². The predicted octanol–water partition coefficient (Wildman–Crippen LogP) is 5.27. The summed E-state index contributed by atoms with van der Waals surface area (Å²) in [5.41, 5.74) is 3.62. The van der Waals surface area contributed by atoms with Gasteiger partial charge in [0.15, 0.2) is 16.6 Å². The van der Waals surface area contributed by atoms with Crippen molar-refractivity contribution in [3.05, 3.63) is 77.6 Å². The zero-order valence-electron chi connectivity index (χ0n) is 19.4. The molecular formula is C26H25N3O4S. The number of benzene rings is 2. The largest absolute Gasteiger partial charge is 0.493 e. The number of rotatable bonds is 8. The lowest BCUT2D eigenvalue weighted by Crippen LogP contribution is -2.28. The number of anilines is 1. The average molecular weight is 476 g/mol. The molecule has 0 saturated heterocycles. The number of nitrogens with zero attached hydrogens (tertiary/aromatic N) is 3. The van der Waals surface area contributed by atoms with Crippen molar-refractivity contribution in [2.75, 3.05) is 26.2 Å². The second-order valence-electron chi connectivity index (χ2n) is 7.50. The number of fused-ring (bicyclic) bond motifs is 1. The second-order valence-corrected chi connectivity index (χ2v) is 8.50. The van der Waals surface area contributed by atoms with Gasteiger partial charge in [0.25, 0.3) is 5.91 Å². The first kappa shape index (κ1) is 23.3. The van der Waals surface area contributed by atoms with Gasteiger partial charge in [-0.2, -0.15) is 0 Å². The molecule has 0 saturated carbocycles. The van der Waals surface area contributed by atoms with Gasteiger partial charge in [-0.15, -0.1) is 0 Å². The van der Waals surface area contributed by atoms with Gasteiger partial charge < -0.3 is 14.2 Å². The van der Waals surface area contributed by atoms with Crippen LogP contribution in [0.25, 0.3) is 16.3 Å². The van der Waals surface area contributed by atoms with Crippen molar-refractivity contribution < 1.29 is 19.0 Å². The van der Waals surface area contributed by atoms with E-state index in [1.165, 1.54) is 17.4 Å². The Morgan fingerprint density at radius 2 is 1.82 bits per heavy atom. The van der Waals surface area contributed by atoms with E-state index in [1.54, 1.807) is 56.8 Å². The van der Waals surface area contributed by atoms with E-state index in [1.807, 2.05) is 37.3 Å². The van der Waals surface area contributed by atoms with Crippen LogP contribution >= 0.6 is 11.3 Å². The molecule has 0 unspecified atom stereocenters. The Hall–Kier alpha value is -3.91. The van der Waals surface area contributed by atoms with Crippen molar-refractivity contribution in [2.45, 2.75) is 13.5 Å². The molecule has 0 aliphatic rings. The maximum absolute atomic E-state index is 13.4. The minimum absolute atomic E-state index is 0.200. The summed E-state index contributed by atoms with van der Waals surface area (Å²) in [5, 5.41) is 0.632. The zero-order valence-corrected chi connectivity index (χ0v) is 20.3. The van der Waals surface area contributed by atoms with Crippen LogP contribution in [0.4, 0.5) is 5.13 Å². The highest BCUT2D eigenvalue weighted by molar-refractivity contribution is 7.22. The Morgan fingerprint density at radius 1 is 1.06 bits per heavy atom. The smallest absolute Gasteiger partial charge is 0.253 e. The summed E-state index contributed by atoms with van der Waals surface area (Å²) in [6.45, 7) is 2.37. The van der Waals surface area contributed by atoms with E-state index in [0.717, 1.165) is 26.9 Å². The van der Waals surface area contributed by atoms with Crippen molar-refractivity contribution in [1.82, 2.24) is 9.97 Å². The maximum Gasteiger partial charge on any atom is 0.253 e. The van der Waals surface area contributed by atoms with Gasteiger partial charge in [-0.3, -0.25) is 14.7 Å². The molecule has 8 heteroatoms. The second kappa shape index (κ2) is 10.4. The molecule has 0 spiro atoms. The molecule has 174 valence electrons. The quantitative estimate of drug-likeness (QED) is 0.323. The SMILES string of the molecule is COc1cc(/C=C/C(=O)N(Cc2cccnc2)c2nc3c(C)cccc3s2)cc(OC)c1OC. The number of hydrogen-bond acceptors (Lipinski definition) is 7. The molecule has 1 amide bonds. The lowest BCUT2D eigenvalue weighted by atomic mass is 10.1. The Kier molecular flexibility index (Phi) is 7.08. The van der Waals surface area contributed by atoms with E-state index in [2.05, 4.69) is 4.98 Å². The van der Waals surface area contributed by atoms with Crippen LogP contribution in [-0.2, 0) is 11.3 Å². The number of para-hydroxylation sites is 1. The fraction of sp³-hybridized carbons (Fsp3) is 0.192. The topological polar surface area (TPSA) is 73.8 Å². The number of amides is 1. The average Bonchev–Trinajstić information content (AvgIpc) is 3.31. The minimum Gasteiger partial charge on any atom is -0.493 e. The Balaban J connectivity index is 1.69. The molecule has 7 nitrogen and oxygen atoms in total. The number of methoxy groups -OCH3 is 3. The van der Waals surface area contributed by atoms with Crippen LogP contribution in [-0.4, -0.2) is 37.2 Å². The van der Waals surface area contributed by atoms with Gasteiger partial charge in [0.1, 0.15) is 0 Å². The third-order valence-corrected chi connectivity index (χ3v) is 6.32. The molecule has 4 aromatic rings. The molecule has 0 radical (unpaired) electrons. The van der Waals surface area contributed by atoms with Crippen molar-refractivity contribution in [3.8, 4) is 17.2 Å². The number of carbonyl (C=O) groups excluding carboxylic acids is 1. The highest BCUT2D eigenvalue weighted by Crippen LogP contribution is 2.38. The third-order valence-electron chi connectivity index (χ3n) is 5.28. The summed E-state index contributed by atoms with van der Waals surface area (Å²) >= 11 is 1.49. The van der Waals surface area contributed by atoms with Crippen LogP contribution in [0.1, 0.15) is 16.7 Å². The molecule has 34 heavy (non-hydrogen) atoms. The van der Waals surface area contributed by atoms with Crippen LogP contribution in [0.15, 0.2) is 60.9 Å². The molecule has 0 aliphatic heterocycles. The van der Waals surface area contributed by atoms with Crippen LogP contribution in [0, 0.1) is 6.92 Å². The van der Waals surface area contributed by atoms with Crippen LogP contribution < -0.4 is 19.1 Å². The molecule has 0 N–H and O–H groups in total. The molecule has 0 fully saturated rings. The Labute approximate surface area is 202 Å². The van der Waals surface area contributed by atoms with E-state index in [0.29, 0.717) is 28.9 Å². The normalized spacial score (nSPS) is 11.1. The summed E-state index contributed by atoms with van der Waals surface area (Å²) in [6.07, 6.45) is 6.71. The van der Waals surface area contributed by atoms with Gasteiger partial charge in [-0.1, -0.05) is 29.5 Å². The van der Waals surface area contributed by atoms with Crippen molar-refractivity contribution in [1.29, 1.82) is 0 Å². The number of ether oxygens (including phenoxy) is 3. The number of carbonyl (C=O) groups is 1. The molecule has 0 atom stereocenters. The van der Waals surface area contributed by atoms with Gasteiger partial charge >= 0.3 is 0 Å². The molecule has 4 rings (SSSR count). The van der Waals surface area contributed by atoms with Crippen molar-refractivity contribution in [2.24, 2.45) is 0 Å². The Bertz CT molecular complexity index is 1310. The summed E-state index contributed by atoms with van der Waals surface area (Å²) in [5.74, 6) is 1.33. The number of hydrogen-bond donors (Lipinski definition) is 0. The van der Waals surface area contributed by atoms with Crippen LogP contribution in [0.2, 0.25) is 0 Å². The first-order valence-electron chi connectivity index (χ1n) is 10.6. The highest BCUT2D eigenvalue weighted by atomic mass is 32.1. The van der Waals surface area contributed by atoms with Gasteiger partial charge in [0.05, 0.1) is 38.1 Å². The molecule has 2 aromatic heterocycles. The lowest BCUT2D eigenvalue weighted by molar-refractivity contribution is -0.114. The standard InChI is InChI=1S/C26H25N3O4S/c1-17-7-5-9-22-24(17)28-26(34-22)29(16-19-8-6-12-27-15-19)23(30)11-10-18-13-20(31-2)25(33-4)21(14-18)32-3/h5-15H,16H2,1-4H3/b11-10+. The van der Waals surface area contributed by atoms with Crippen molar-refractivity contribution in [3.63, 3.8) is 0 Å². The minimum atomic E-state index is -0.200. The summed E-state index contributed by atoms with van der Waals surface area (Å²) in [4.78, 5) is 24.0. The number of aryl methyl sites for hydroxylation is 1. The fourth-order valence-electron chi connectivity index (χ4n) is 3.56. The van der Waals surface area contributed by atoms with Crippen molar-refractivity contribution >= 4 is 38.7 Å². The van der Waals surface area contributed by atoms with Gasteiger partial charge in [-0.05, 0) is 54.0 Å². The monoisotopic (exact) mass is 475 g/mol. The van der Waals surface area contributed by atoms with E-state index < -0.39 is 0 Å². The maximum atomic E-state index is 13.4. The van der Waals surface area contributed by atoms with Crippen LogP contribution in [0.3, 0.4) is 0 Å². The molecular weight excluding hydrogens is 450 g/mol. The van der Waals surface area contributed by atoms with E-state index in [-0.39, 0.29) is 5.91 Å². The summed E-state index contributed by atoms with van der Waals surface area (Å²) < 4.78 is 17.2. The van der Waals surface area contributed by atoms with Crippen LogP contribution in [0.5, 0.6) is 17.2 Å². The fourth-order valence-corrected chi connectivity index (χ4v) is 4.61. The lowest BCUT2D eigenvalue weighted by Gasteiger charge is -2.18. The molecule has 0 aliphatic carbocycles. The first-order chi connectivity index (χ1) is 16.5. The predicted molar refractivity (Wildman–Crippen MR) is 135 cm³/mol. The first-order valence-corrected chi connectivity index (χ1v) is 11.4. The van der Waals surface area contributed by atoms with E-state index in [9.17, 15) is 4.79 Å². The molecule has 0 bridgehead atoms.